The van der Waals surface area contributed by atoms with Gasteiger partial charge in [-0.15, -0.1) is 0 Å². The van der Waals surface area contributed by atoms with E-state index < -0.39 is 0 Å². The largest absolute Gasteiger partial charge is 0.302 e. The second kappa shape index (κ2) is 4.46. The number of rotatable bonds is 2. The molecule has 0 aliphatic carbocycles. The summed E-state index contributed by atoms with van der Waals surface area (Å²) in [6.45, 7) is 8.54. The van der Waals surface area contributed by atoms with E-state index in [9.17, 15) is 0 Å². The van der Waals surface area contributed by atoms with Crippen LogP contribution in [0.4, 0.5) is 0 Å². The van der Waals surface area contributed by atoms with Crippen molar-refractivity contribution in [3.63, 3.8) is 0 Å². The van der Waals surface area contributed by atoms with Gasteiger partial charge in [0.15, 0.2) is 0 Å². The Balaban J connectivity index is 2.30. The molecule has 1 saturated heterocycles. The number of piperidine rings is 1. The van der Waals surface area contributed by atoms with Crippen molar-refractivity contribution in [3.8, 4) is 0 Å². The summed E-state index contributed by atoms with van der Waals surface area (Å²) in [5, 5.41) is 1.12. The third-order valence-electron chi connectivity index (χ3n) is 2.35. The van der Waals surface area contributed by atoms with E-state index in [4.69, 9.17) is 0 Å². The topological polar surface area (TPSA) is 3.24 Å². The van der Waals surface area contributed by atoms with Crippen molar-refractivity contribution in [2.75, 3.05) is 25.0 Å². The molecule has 0 N–H and O–H groups in total. The second-order valence-corrected chi connectivity index (χ2v) is 4.69. The fraction of sp³-hybridized carbons (Fsp3) is 1.00. The van der Waals surface area contributed by atoms with E-state index in [0.29, 0.717) is 0 Å². The standard InChI is InChI=1S/C9H18BrN/c1-8-5-9(2)7-11(6-8)4-3-10/h8-9H,3-7H2,1-2H3/t8-,9+. The molecule has 0 aromatic carbocycles. The first-order valence-corrected chi connectivity index (χ1v) is 5.63. The number of likely N-dealkylation sites (tertiary alicyclic amines) is 1. The Bertz CT molecular complexity index is 106. The molecular weight excluding hydrogens is 202 g/mol. The van der Waals surface area contributed by atoms with Gasteiger partial charge in [-0.05, 0) is 18.3 Å². The summed E-state index contributed by atoms with van der Waals surface area (Å²) in [5.74, 6) is 1.80. The van der Waals surface area contributed by atoms with Crippen LogP contribution in [0.2, 0.25) is 0 Å². The maximum Gasteiger partial charge on any atom is 0.0159 e. The lowest BCUT2D eigenvalue weighted by Gasteiger charge is -2.34. The molecule has 0 aromatic heterocycles. The van der Waals surface area contributed by atoms with Crippen molar-refractivity contribution < 1.29 is 0 Å². The van der Waals surface area contributed by atoms with Gasteiger partial charge in [0.2, 0.25) is 0 Å². The maximum atomic E-state index is 3.48. The molecule has 0 saturated carbocycles. The Hall–Kier alpha value is 0.440. The Morgan fingerprint density at radius 1 is 1.27 bits per heavy atom. The van der Waals surface area contributed by atoms with Crippen LogP contribution in [-0.4, -0.2) is 29.9 Å². The van der Waals surface area contributed by atoms with Crippen LogP contribution in [0.5, 0.6) is 0 Å². The Labute approximate surface area is 78.3 Å². The van der Waals surface area contributed by atoms with E-state index in [1.165, 1.54) is 26.1 Å². The minimum absolute atomic E-state index is 0.901. The number of nitrogens with zero attached hydrogens (tertiary/aromatic N) is 1. The molecule has 66 valence electrons. The lowest BCUT2D eigenvalue weighted by Crippen LogP contribution is -2.39. The minimum atomic E-state index is 0.901. The van der Waals surface area contributed by atoms with E-state index in [2.05, 4.69) is 34.7 Å². The molecule has 0 aromatic rings. The van der Waals surface area contributed by atoms with Gasteiger partial charge in [-0.2, -0.15) is 0 Å². The molecule has 0 radical (unpaired) electrons. The van der Waals surface area contributed by atoms with Gasteiger partial charge in [0, 0.05) is 25.0 Å². The van der Waals surface area contributed by atoms with Crippen LogP contribution in [0.25, 0.3) is 0 Å². The summed E-state index contributed by atoms with van der Waals surface area (Å²) in [7, 11) is 0. The third kappa shape index (κ3) is 3.12. The molecule has 0 bridgehead atoms. The Morgan fingerprint density at radius 3 is 2.27 bits per heavy atom. The zero-order chi connectivity index (χ0) is 8.27. The molecule has 1 nitrogen and oxygen atoms in total. The molecule has 1 aliphatic heterocycles. The van der Waals surface area contributed by atoms with E-state index in [0.717, 1.165) is 17.2 Å². The predicted octanol–water partition coefficient (Wildman–Crippen LogP) is 2.36. The van der Waals surface area contributed by atoms with Gasteiger partial charge in [-0.25, -0.2) is 0 Å². The van der Waals surface area contributed by atoms with E-state index in [-0.39, 0.29) is 0 Å². The zero-order valence-electron chi connectivity index (χ0n) is 7.52. The van der Waals surface area contributed by atoms with Crippen molar-refractivity contribution in [3.05, 3.63) is 0 Å². The van der Waals surface area contributed by atoms with Crippen LogP contribution >= 0.6 is 15.9 Å². The molecule has 1 fully saturated rings. The molecule has 0 spiro atoms. The molecule has 11 heavy (non-hydrogen) atoms. The van der Waals surface area contributed by atoms with Gasteiger partial charge in [0.1, 0.15) is 0 Å². The monoisotopic (exact) mass is 219 g/mol. The van der Waals surface area contributed by atoms with Gasteiger partial charge in [-0.1, -0.05) is 29.8 Å². The van der Waals surface area contributed by atoms with Crippen molar-refractivity contribution in [1.29, 1.82) is 0 Å². The average Bonchev–Trinajstić information content (AvgIpc) is 1.85. The lowest BCUT2D eigenvalue weighted by atomic mass is 9.92. The van der Waals surface area contributed by atoms with Gasteiger partial charge < -0.3 is 4.90 Å². The van der Waals surface area contributed by atoms with Crippen LogP contribution in [0, 0.1) is 11.8 Å². The molecule has 1 rings (SSSR count). The van der Waals surface area contributed by atoms with Gasteiger partial charge in [0.05, 0.1) is 0 Å². The van der Waals surface area contributed by atoms with Crippen LogP contribution in [0.1, 0.15) is 20.3 Å². The third-order valence-corrected chi connectivity index (χ3v) is 2.70. The van der Waals surface area contributed by atoms with Crippen molar-refractivity contribution in [1.82, 2.24) is 4.90 Å². The fourth-order valence-electron chi connectivity index (χ4n) is 2.09. The molecule has 0 unspecified atom stereocenters. The number of halogens is 1. The van der Waals surface area contributed by atoms with Crippen molar-refractivity contribution in [2.45, 2.75) is 20.3 Å². The van der Waals surface area contributed by atoms with Gasteiger partial charge in [-0.3, -0.25) is 0 Å². The fourth-order valence-corrected chi connectivity index (χ4v) is 2.60. The molecule has 2 atom stereocenters. The SMILES string of the molecule is C[C@@H]1C[C@H](C)CN(CCBr)C1. The van der Waals surface area contributed by atoms with Crippen LogP contribution in [0.3, 0.4) is 0 Å². The highest BCUT2D eigenvalue weighted by molar-refractivity contribution is 9.09. The first kappa shape index (κ1) is 9.53. The lowest BCUT2D eigenvalue weighted by molar-refractivity contribution is 0.149. The zero-order valence-corrected chi connectivity index (χ0v) is 9.10. The first-order chi connectivity index (χ1) is 5.22. The normalized spacial score (nSPS) is 34.1. The van der Waals surface area contributed by atoms with Gasteiger partial charge >= 0.3 is 0 Å². The summed E-state index contributed by atoms with van der Waals surface area (Å²) in [4.78, 5) is 2.56. The highest BCUT2D eigenvalue weighted by Gasteiger charge is 2.20. The van der Waals surface area contributed by atoms with Crippen molar-refractivity contribution in [2.24, 2.45) is 11.8 Å². The highest BCUT2D eigenvalue weighted by atomic mass is 79.9. The van der Waals surface area contributed by atoms with Crippen LogP contribution < -0.4 is 0 Å². The van der Waals surface area contributed by atoms with Crippen LogP contribution in [-0.2, 0) is 0 Å². The minimum Gasteiger partial charge on any atom is -0.302 e. The van der Waals surface area contributed by atoms with E-state index >= 15 is 0 Å². The predicted molar refractivity (Wildman–Crippen MR) is 53.2 cm³/mol. The first-order valence-electron chi connectivity index (χ1n) is 4.50. The van der Waals surface area contributed by atoms with Crippen LogP contribution in [0.15, 0.2) is 0 Å². The second-order valence-electron chi connectivity index (χ2n) is 3.89. The summed E-state index contributed by atoms with van der Waals surface area (Å²) < 4.78 is 0. The highest BCUT2D eigenvalue weighted by Crippen LogP contribution is 2.20. The molecule has 1 aliphatic rings. The van der Waals surface area contributed by atoms with E-state index in [1.807, 2.05) is 0 Å². The smallest absolute Gasteiger partial charge is 0.0159 e. The van der Waals surface area contributed by atoms with Crippen molar-refractivity contribution >= 4 is 15.9 Å². The average molecular weight is 220 g/mol. The number of hydrogen-bond acceptors (Lipinski definition) is 1. The number of alkyl halides is 1. The van der Waals surface area contributed by atoms with Gasteiger partial charge in [0.25, 0.3) is 0 Å². The summed E-state index contributed by atoms with van der Waals surface area (Å²) in [6.07, 6.45) is 1.42. The summed E-state index contributed by atoms with van der Waals surface area (Å²) in [6, 6.07) is 0. The summed E-state index contributed by atoms with van der Waals surface area (Å²) in [5.41, 5.74) is 0. The number of hydrogen-bond donors (Lipinski definition) is 0. The quantitative estimate of drug-likeness (QED) is 0.646. The summed E-state index contributed by atoms with van der Waals surface area (Å²) >= 11 is 3.48. The maximum absolute atomic E-state index is 3.48. The molecular formula is C9H18BrN. The molecule has 1 heterocycles. The van der Waals surface area contributed by atoms with E-state index in [1.54, 1.807) is 0 Å². The Morgan fingerprint density at radius 2 is 1.82 bits per heavy atom. The Kier molecular flexibility index (Phi) is 3.86. The molecule has 0 amide bonds. The molecule has 2 heteroatoms.